The molecule has 21 heavy (non-hydrogen) atoms. The molecule has 1 aromatic carbocycles. The maximum Gasteiger partial charge on any atom is 0.251 e. The predicted molar refractivity (Wildman–Crippen MR) is 74.0 cm³/mol. The fourth-order valence-electron chi connectivity index (χ4n) is 1.71. The number of halogens is 1. The molecule has 0 saturated heterocycles. The summed E-state index contributed by atoms with van der Waals surface area (Å²) in [5.74, 6) is -0.522. The van der Waals surface area contributed by atoms with Crippen LogP contribution >= 0.6 is 0 Å². The lowest BCUT2D eigenvalue weighted by atomic mass is 10.2. The van der Waals surface area contributed by atoms with Gasteiger partial charge in [0.1, 0.15) is 11.6 Å². The number of imidazole rings is 1. The minimum Gasteiger partial charge on any atom is -0.354 e. The Kier molecular flexibility index (Phi) is 5.03. The van der Waals surface area contributed by atoms with Crippen molar-refractivity contribution in [1.29, 1.82) is 0 Å². The molecule has 0 saturated carbocycles. The molecule has 0 aliphatic heterocycles. The molecule has 3 N–H and O–H groups in total. The summed E-state index contributed by atoms with van der Waals surface area (Å²) in [4.78, 5) is 30.2. The zero-order valence-corrected chi connectivity index (χ0v) is 11.2. The van der Waals surface area contributed by atoms with Crippen molar-refractivity contribution in [3.8, 4) is 0 Å². The van der Waals surface area contributed by atoms with Gasteiger partial charge in [0.25, 0.3) is 5.91 Å². The van der Waals surface area contributed by atoms with Crippen LogP contribution in [0, 0.1) is 5.82 Å². The number of amides is 2. The standard InChI is InChI=1S/C14H15FN4O2/c15-11-3-1-2-10(8-11)14(21)19-9-13(20)18-5-4-12-16-6-7-17-12/h1-3,6-8H,4-5,9H2,(H,16,17)(H,18,20)(H,19,21). The van der Waals surface area contributed by atoms with Crippen molar-refractivity contribution in [2.24, 2.45) is 0 Å². The first-order valence-electron chi connectivity index (χ1n) is 6.44. The third-order valence-electron chi connectivity index (χ3n) is 2.74. The smallest absolute Gasteiger partial charge is 0.251 e. The second-order valence-corrected chi connectivity index (χ2v) is 4.33. The second-order valence-electron chi connectivity index (χ2n) is 4.33. The fourth-order valence-corrected chi connectivity index (χ4v) is 1.71. The summed E-state index contributed by atoms with van der Waals surface area (Å²) in [7, 11) is 0. The van der Waals surface area contributed by atoms with Gasteiger partial charge in [0.15, 0.2) is 0 Å². The van der Waals surface area contributed by atoms with E-state index in [9.17, 15) is 14.0 Å². The average Bonchev–Trinajstić information content (AvgIpc) is 2.98. The molecule has 0 radical (unpaired) electrons. The van der Waals surface area contributed by atoms with Gasteiger partial charge in [-0.2, -0.15) is 0 Å². The van der Waals surface area contributed by atoms with Crippen LogP contribution < -0.4 is 10.6 Å². The first kappa shape index (κ1) is 14.7. The number of aromatic amines is 1. The van der Waals surface area contributed by atoms with Crippen LogP contribution in [0.1, 0.15) is 16.2 Å². The SMILES string of the molecule is O=C(CNC(=O)c1cccc(F)c1)NCCc1ncc[nH]1. The topological polar surface area (TPSA) is 86.9 Å². The molecular weight excluding hydrogens is 275 g/mol. The number of carbonyl (C=O) groups is 2. The highest BCUT2D eigenvalue weighted by molar-refractivity contribution is 5.96. The van der Waals surface area contributed by atoms with E-state index >= 15 is 0 Å². The Morgan fingerprint density at radius 2 is 2.14 bits per heavy atom. The van der Waals surface area contributed by atoms with Gasteiger partial charge in [-0.3, -0.25) is 9.59 Å². The van der Waals surface area contributed by atoms with Crippen LogP contribution in [-0.4, -0.2) is 34.9 Å². The Morgan fingerprint density at radius 1 is 1.29 bits per heavy atom. The van der Waals surface area contributed by atoms with Crippen LogP contribution in [0.4, 0.5) is 4.39 Å². The molecule has 0 atom stereocenters. The summed E-state index contributed by atoms with van der Waals surface area (Å²) in [5.41, 5.74) is 0.179. The van der Waals surface area contributed by atoms with Gasteiger partial charge in [-0.1, -0.05) is 6.07 Å². The lowest BCUT2D eigenvalue weighted by molar-refractivity contribution is -0.120. The molecule has 0 aliphatic carbocycles. The zero-order valence-electron chi connectivity index (χ0n) is 11.2. The maximum absolute atomic E-state index is 13.0. The van der Waals surface area contributed by atoms with Crippen molar-refractivity contribution in [3.05, 3.63) is 53.9 Å². The monoisotopic (exact) mass is 290 g/mol. The van der Waals surface area contributed by atoms with Gasteiger partial charge in [-0.15, -0.1) is 0 Å². The molecule has 1 aromatic heterocycles. The van der Waals surface area contributed by atoms with Crippen molar-refractivity contribution in [2.75, 3.05) is 13.1 Å². The van der Waals surface area contributed by atoms with Gasteiger partial charge in [-0.05, 0) is 18.2 Å². The lowest BCUT2D eigenvalue weighted by Crippen LogP contribution is -2.37. The van der Waals surface area contributed by atoms with E-state index in [0.29, 0.717) is 13.0 Å². The van der Waals surface area contributed by atoms with Gasteiger partial charge in [-0.25, -0.2) is 9.37 Å². The number of aromatic nitrogens is 2. The van der Waals surface area contributed by atoms with E-state index in [1.807, 2.05) is 0 Å². The second kappa shape index (κ2) is 7.18. The Bertz CT molecular complexity index is 613. The predicted octanol–water partition coefficient (Wildman–Crippen LogP) is 0.637. The molecular formula is C14H15FN4O2. The van der Waals surface area contributed by atoms with E-state index in [0.717, 1.165) is 11.9 Å². The number of rotatable bonds is 6. The molecule has 2 aromatic rings. The van der Waals surface area contributed by atoms with Gasteiger partial charge in [0, 0.05) is 30.9 Å². The molecule has 1 heterocycles. The van der Waals surface area contributed by atoms with Crippen molar-refractivity contribution in [3.63, 3.8) is 0 Å². The third-order valence-corrected chi connectivity index (χ3v) is 2.74. The maximum atomic E-state index is 13.0. The summed E-state index contributed by atoms with van der Waals surface area (Å²) in [6.45, 7) is 0.260. The van der Waals surface area contributed by atoms with Crippen LogP contribution in [0.3, 0.4) is 0 Å². The van der Waals surface area contributed by atoms with Crippen molar-refractivity contribution in [2.45, 2.75) is 6.42 Å². The summed E-state index contributed by atoms with van der Waals surface area (Å²) in [6.07, 6.45) is 3.92. The van der Waals surface area contributed by atoms with Crippen LogP contribution in [0.15, 0.2) is 36.7 Å². The Morgan fingerprint density at radius 3 is 2.86 bits per heavy atom. The summed E-state index contributed by atoms with van der Waals surface area (Å²) in [6, 6.07) is 5.28. The largest absolute Gasteiger partial charge is 0.354 e. The fraction of sp³-hybridized carbons (Fsp3) is 0.214. The van der Waals surface area contributed by atoms with E-state index in [1.54, 1.807) is 12.4 Å². The molecule has 6 nitrogen and oxygen atoms in total. The molecule has 0 spiro atoms. The van der Waals surface area contributed by atoms with Crippen LogP contribution in [0.25, 0.3) is 0 Å². The normalized spacial score (nSPS) is 10.1. The highest BCUT2D eigenvalue weighted by Crippen LogP contribution is 2.02. The lowest BCUT2D eigenvalue weighted by Gasteiger charge is -2.06. The van der Waals surface area contributed by atoms with Gasteiger partial charge < -0.3 is 15.6 Å². The van der Waals surface area contributed by atoms with Crippen molar-refractivity contribution >= 4 is 11.8 Å². The highest BCUT2D eigenvalue weighted by atomic mass is 19.1. The van der Waals surface area contributed by atoms with Crippen LogP contribution in [0.2, 0.25) is 0 Å². The van der Waals surface area contributed by atoms with E-state index in [2.05, 4.69) is 20.6 Å². The number of nitrogens with one attached hydrogen (secondary N) is 3. The van der Waals surface area contributed by atoms with Crippen LogP contribution in [-0.2, 0) is 11.2 Å². The van der Waals surface area contributed by atoms with Crippen molar-refractivity contribution < 1.29 is 14.0 Å². The van der Waals surface area contributed by atoms with E-state index in [4.69, 9.17) is 0 Å². The Hall–Kier alpha value is -2.70. The molecule has 0 bridgehead atoms. The quantitative estimate of drug-likeness (QED) is 0.729. The molecule has 0 unspecified atom stereocenters. The first-order chi connectivity index (χ1) is 10.1. The molecule has 0 aliphatic rings. The van der Waals surface area contributed by atoms with E-state index < -0.39 is 11.7 Å². The van der Waals surface area contributed by atoms with Gasteiger partial charge in [0.05, 0.1) is 6.54 Å². The minimum absolute atomic E-state index is 0.159. The molecule has 0 fully saturated rings. The Balaban J connectivity index is 1.70. The van der Waals surface area contributed by atoms with E-state index in [1.165, 1.54) is 18.2 Å². The average molecular weight is 290 g/mol. The number of benzene rings is 1. The zero-order chi connectivity index (χ0) is 15.1. The molecule has 2 rings (SSSR count). The number of hydrogen-bond acceptors (Lipinski definition) is 3. The summed E-state index contributed by atoms with van der Waals surface area (Å²) < 4.78 is 13.0. The summed E-state index contributed by atoms with van der Waals surface area (Å²) >= 11 is 0. The highest BCUT2D eigenvalue weighted by Gasteiger charge is 2.08. The van der Waals surface area contributed by atoms with Gasteiger partial charge >= 0.3 is 0 Å². The Labute approximate surface area is 120 Å². The third kappa shape index (κ3) is 4.72. The van der Waals surface area contributed by atoms with E-state index in [-0.39, 0.29) is 18.0 Å². The number of hydrogen-bond donors (Lipinski definition) is 3. The summed E-state index contributed by atoms with van der Waals surface area (Å²) in [5, 5.41) is 5.08. The number of H-pyrrole nitrogens is 1. The number of carbonyl (C=O) groups excluding carboxylic acids is 2. The van der Waals surface area contributed by atoms with Crippen molar-refractivity contribution in [1.82, 2.24) is 20.6 Å². The van der Waals surface area contributed by atoms with Crippen LogP contribution in [0.5, 0.6) is 0 Å². The molecule has 2 amide bonds. The minimum atomic E-state index is -0.495. The van der Waals surface area contributed by atoms with Gasteiger partial charge in [0.2, 0.25) is 5.91 Å². The molecule has 7 heteroatoms. The molecule has 110 valence electrons. The number of nitrogens with zero attached hydrogens (tertiary/aromatic N) is 1. The first-order valence-corrected chi connectivity index (χ1v) is 6.44.